The van der Waals surface area contributed by atoms with E-state index in [1.165, 1.54) is 0 Å². The van der Waals surface area contributed by atoms with Gasteiger partial charge in [0.25, 0.3) is 0 Å². The molecule has 2 rings (SSSR count). The molecule has 5 heteroatoms. The summed E-state index contributed by atoms with van der Waals surface area (Å²) in [5, 5.41) is 0. The third kappa shape index (κ3) is 3.60. The average Bonchev–Trinajstić information content (AvgIpc) is 2.38. The van der Waals surface area contributed by atoms with Gasteiger partial charge in [-0.25, -0.2) is 4.79 Å². The van der Waals surface area contributed by atoms with Gasteiger partial charge in [-0.1, -0.05) is 0 Å². The van der Waals surface area contributed by atoms with Crippen molar-refractivity contribution in [2.75, 3.05) is 59.4 Å². The predicted molar refractivity (Wildman–Crippen MR) is 77.4 cm³/mol. The average molecular weight is 268 g/mol. The summed E-state index contributed by atoms with van der Waals surface area (Å²) in [4.78, 5) is 21.2. The minimum Gasteiger partial charge on any atom is -0.322 e. The van der Waals surface area contributed by atoms with Crippen LogP contribution in [-0.4, -0.2) is 90.6 Å². The number of likely N-dealkylation sites (N-methyl/N-ethyl adjacent to an activating group) is 1. The molecule has 0 atom stereocenters. The highest BCUT2D eigenvalue weighted by Crippen LogP contribution is 2.16. The lowest BCUT2D eigenvalue weighted by Gasteiger charge is -2.44. The van der Waals surface area contributed by atoms with E-state index < -0.39 is 0 Å². The van der Waals surface area contributed by atoms with Gasteiger partial charge >= 0.3 is 6.03 Å². The maximum atomic E-state index is 12.4. The Labute approximate surface area is 117 Å². The monoisotopic (exact) mass is 268 g/mol. The van der Waals surface area contributed by atoms with Crippen LogP contribution in [-0.2, 0) is 0 Å². The smallest absolute Gasteiger partial charge is 0.320 e. The third-order valence-corrected chi connectivity index (χ3v) is 4.27. The van der Waals surface area contributed by atoms with Gasteiger partial charge in [-0.05, 0) is 27.8 Å². The van der Waals surface area contributed by atoms with E-state index in [-0.39, 0.29) is 11.6 Å². The van der Waals surface area contributed by atoms with Crippen LogP contribution in [0.15, 0.2) is 0 Å². The SMILES string of the molecule is CN1CCN(C(=O)N2CCN(C(C)(C)C)CC2)CC1. The van der Waals surface area contributed by atoms with E-state index in [9.17, 15) is 4.79 Å². The van der Waals surface area contributed by atoms with Crippen molar-refractivity contribution in [3.8, 4) is 0 Å². The van der Waals surface area contributed by atoms with E-state index in [2.05, 4.69) is 37.6 Å². The third-order valence-electron chi connectivity index (χ3n) is 4.27. The first-order valence-electron chi connectivity index (χ1n) is 7.35. The number of piperazine rings is 2. The van der Waals surface area contributed by atoms with Crippen molar-refractivity contribution >= 4 is 6.03 Å². The van der Waals surface area contributed by atoms with Gasteiger partial charge in [0.15, 0.2) is 0 Å². The second-order valence-corrected chi connectivity index (χ2v) is 6.72. The molecule has 0 unspecified atom stereocenters. The van der Waals surface area contributed by atoms with Crippen molar-refractivity contribution in [3.63, 3.8) is 0 Å². The molecule has 0 spiro atoms. The van der Waals surface area contributed by atoms with Gasteiger partial charge in [-0.2, -0.15) is 0 Å². The maximum absolute atomic E-state index is 12.4. The number of amides is 2. The summed E-state index contributed by atoms with van der Waals surface area (Å²) in [5.74, 6) is 0. The molecule has 0 aliphatic carbocycles. The summed E-state index contributed by atoms with van der Waals surface area (Å²) in [5.41, 5.74) is 0.211. The highest BCUT2D eigenvalue weighted by Gasteiger charge is 2.30. The first kappa shape index (κ1) is 14.6. The van der Waals surface area contributed by atoms with Crippen LogP contribution in [0.5, 0.6) is 0 Å². The first-order valence-corrected chi connectivity index (χ1v) is 7.35. The molecule has 2 aliphatic rings. The summed E-state index contributed by atoms with van der Waals surface area (Å²) in [6.07, 6.45) is 0. The van der Waals surface area contributed by atoms with Crippen molar-refractivity contribution in [3.05, 3.63) is 0 Å². The number of hydrogen-bond donors (Lipinski definition) is 0. The van der Waals surface area contributed by atoms with Crippen LogP contribution in [0.3, 0.4) is 0 Å². The lowest BCUT2D eigenvalue weighted by molar-refractivity contribution is 0.0584. The lowest BCUT2D eigenvalue weighted by Crippen LogP contribution is -2.58. The van der Waals surface area contributed by atoms with E-state index >= 15 is 0 Å². The second-order valence-electron chi connectivity index (χ2n) is 6.72. The Balaban J connectivity index is 1.82. The molecule has 0 bridgehead atoms. The van der Waals surface area contributed by atoms with Crippen molar-refractivity contribution in [2.45, 2.75) is 26.3 Å². The second kappa shape index (κ2) is 5.67. The molecule has 0 saturated carbocycles. The summed E-state index contributed by atoms with van der Waals surface area (Å²) in [6, 6.07) is 0.238. The first-order chi connectivity index (χ1) is 8.88. The Bertz CT molecular complexity index is 310. The highest BCUT2D eigenvalue weighted by molar-refractivity contribution is 5.74. The molecular formula is C14H28N4O. The summed E-state index contributed by atoms with van der Waals surface area (Å²) in [6.45, 7) is 14.2. The molecule has 2 aliphatic heterocycles. The van der Waals surface area contributed by atoms with Crippen LogP contribution in [0.4, 0.5) is 4.79 Å². The fraction of sp³-hybridized carbons (Fsp3) is 0.929. The van der Waals surface area contributed by atoms with Crippen molar-refractivity contribution in [1.29, 1.82) is 0 Å². The molecule has 0 aromatic carbocycles. The number of urea groups is 1. The summed E-state index contributed by atoms with van der Waals surface area (Å²) < 4.78 is 0. The van der Waals surface area contributed by atoms with Gasteiger partial charge in [0, 0.05) is 57.9 Å². The molecule has 0 aromatic rings. The molecule has 19 heavy (non-hydrogen) atoms. The molecule has 0 radical (unpaired) electrons. The standard InChI is InChI=1S/C14H28N4O/c1-14(2,3)18-11-9-17(10-12-18)13(19)16-7-5-15(4)6-8-16/h5-12H2,1-4H3. The molecule has 2 heterocycles. The van der Waals surface area contributed by atoms with E-state index in [1.807, 2.05) is 9.80 Å². The van der Waals surface area contributed by atoms with Crippen molar-refractivity contribution in [2.24, 2.45) is 0 Å². The Morgan fingerprint density at radius 1 is 0.789 bits per heavy atom. The largest absolute Gasteiger partial charge is 0.322 e. The minimum absolute atomic E-state index is 0.211. The van der Waals surface area contributed by atoms with Crippen LogP contribution in [0, 0.1) is 0 Å². The van der Waals surface area contributed by atoms with E-state index in [4.69, 9.17) is 0 Å². The van der Waals surface area contributed by atoms with Crippen LogP contribution in [0.1, 0.15) is 20.8 Å². The lowest BCUT2D eigenvalue weighted by atomic mass is 10.1. The summed E-state index contributed by atoms with van der Waals surface area (Å²) in [7, 11) is 2.11. The Kier molecular flexibility index (Phi) is 4.36. The number of nitrogens with zero attached hydrogens (tertiary/aromatic N) is 4. The topological polar surface area (TPSA) is 30.0 Å². The molecular weight excluding hydrogens is 240 g/mol. The fourth-order valence-electron chi connectivity index (χ4n) is 2.77. The van der Waals surface area contributed by atoms with Gasteiger partial charge in [0.1, 0.15) is 0 Å². The van der Waals surface area contributed by atoms with Crippen molar-refractivity contribution < 1.29 is 4.79 Å². The van der Waals surface area contributed by atoms with Crippen LogP contribution >= 0.6 is 0 Å². The molecule has 0 aromatic heterocycles. The minimum atomic E-state index is 0.211. The van der Waals surface area contributed by atoms with Crippen LogP contribution in [0.25, 0.3) is 0 Å². The molecule has 2 fully saturated rings. The fourth-order valence-corrected chi connectivity index (χ4v) is 2.77. The molecule has 2 saturated heterocycles. The normalized spacial score (nSPS) is 23.8. The molecule has 5 nitrogen and oxygen atoms in total. The van der Waals surface area contributed by atoms with Gasteiger partial charge in [0.2, 0.25) is 0 Å². The predicted octanol–water partition coefficient (Wildman–Crippen LogP) is 0.770. The number of hydrogen-bond acceptors (Lipinski definition) is 3. The van der Waals surface area contributed by atoms with Gasteiger partial charge in [-0.15, -0.1) is 0 Å². The van der Waals surface area contributed by atoms with Crippen molar-refractivity contribution in [1.82, 2.24) is 19.6 Å². The zero-order chi connectivity index (χ0) is 14.0. The van der Waals surface area contributed by atoms with Gasteiger partial charge in [0.05, 0.1) is 0 Å². The highest BCUT2D eigenvalue weighted by atomic mass is 16.2. The van der Waals surface area contributed by atoms with E-state index in [0.717, 1.165) is 52.4 Å². The van der Waals surface area contributed by atoms with E-state index in [1.54, 1.807) is 0 Å². The Morgan fingerprint density at radius 2 is 1.21 bits per heavy atom. The number of carbonyl (C=O) groups is 1. The van der Waals surface area contributed by atoms with Gasteiger partial charge < -0.3 is 14.7 Å². The van der Waals surface area contributed by atoms with Crippen LogP contribution < -0.4 is 0 Å². The maximum Gasteiger partial charge on any atom is 0.320 e. The zero-order valence-corrected chi connectivity index (χ0v) is 12.9. The Hall–Kier alpha value is -0.810. The zero-order valence-electron chi connectivity index (χ0n) is 12.9. The molecule has 2 amide bonds. The Morgan fingerprint density at radius 3 is 1.63 bits per heavy atom. The molecule has 110 valence electrons. The van der Waals surface area contributed by atoms with Crippen LogP contribution in [0.2, 0.25) is 0 Å². The number of rotatable bonds is 0. The van der Waals surface area contributed by atoms with Gasteiger partial charge in [-0.3, -0.25) is 4.90 Å². The quantitative estimate of drug-likeness (QED) is 0.650. The van der Waals surface area contributed by atoms with E-state index in [0.29, 0.717) is 0 Å². The summed E-state index contributed by atoms with van der Waals surface area (Å²) >= 11 is 0. The molecule has 0 N–H and O–H groups in total. The number of carbonyl (C=O) groups excluding carboxylic acids is 1.